The molecule has 140 valence electrons. The molecule has 0 bridgehead atoms. The van der Waals surface area contributed by atoms with Gasteiger partial charge in [-0.2, -0.15) is 5.10 Å². The van der Waals surface area contributed by atoms with Crippen LogP contribution >= 0.6 is 11.6 Å². The molecule has 9 heteroatoms. The van der Waals surface area contributed by atoms with Crippen molar-refractivity contribution >= 4 is 40.5 Å². The van der Waals surface area contributed by atoms with E-state index in [1.165, 1.54) is 18.2 Å². The number of carbonyl (C=O) groups excluding carboxylic acids is 2. The maximum atomic E-state index is 12.0. The van der Waals surface area contributed by atoms with Crippen LogP contribution in [0.5, 0.6) is 0 Å². The summed E-state index contributed by atoms with van der Waals surface area (Å²) in [7, 11) is 0. The summed E-state index contributed by atoms with van der Waals surface area (Å²) in [5.41, 5.74) is 3.76. The lowest BCUT2D eigenvalue weighted by Crippen LogP contribution is -2.22. The fourth-order valence-corrected chi connectivity index (χ4v) is 2.29. The molecule has 0 heterocycles. The molecule has 0 saturated heterocycles. The topological polar surface area (TPSA) is 114 Å². The Labute approximate surface area is 160 Å². The third kappa shape index (κ3) is 6.87. The van der Waals surface area contributed by atoms with Crippen LogP contribution in [0, 0.1) is 10.1 Å². The number of carbonyl (C=O) groups is 2. The number of benzene rings is 2. The van der Waals surface area contributed by atoms with E-state index in [-0.39, 0.29) is 24.4 Å². The first-order chi connectivity index (χ1) is 12.8. The number of rotatable bonds is 7. The van der Waals surface area contributed by atoms with Gasteiger partial charge in [0.05, 0.1) is 17.8 Å². The summed E-state index contributed by atoms with van der Waals surface area (Å²) >= 11 is 5.79. The molecule has 2 N–H and O–H groups in total. The minimum Gasteiger partial charge on any atom is -0.326 e. The highest BCUT2D eigenvalue weighted by atomic mass is 35.5. The molecule has 2 rings (SSSR count). The SMILES string of the molecule is C/C(CC(=O)Nc1cccc([N+](=O)[O-])c1)=N/NC(=O)Cc1ccc(Cl)cc1. The summed E-state index contributed by atoms with van der Waals surface area (Å²) < 4.78 is 0. The number of nitro groups is 1. The Balaban J connectivity index is 1.84. The van der Waals surface area contributed by atoms with Crippen molar-refractivity contribution < 1.29 is 14.5 Å². The van der Waals surface area contributed by atoms with E-state index in [1.54, 1.807) is 37.3 Å². The van der Waals surface area contributed by atoms with Crippen molar-refractivity contribution in [1.82, 2.24) is 5.43 Å². The summed E-state index contributed by atoms with van der Waals surface area (Å²) in [4.78, 5) is 34.0. The maximum absolute atomic E-state index is 12.0. The molecule has 0 aliphatic heterocycles. The van der Waals surface area contributed by atoms with Crippen LogP contribution in [-0.2, 0) is 16.0 Å². The molecule has 2 amide bonds. The highest BCUT2D eigenvalue weighted by Gasteiger charge is 2.09. The number of nitro benzene ring substituents is 1. The van der Waals surface area contributed by atoms with Gasteiger partial charge in [0.1, 0.15) is 0 Å². The van der Waals surface area contributed by atoms with E-state index in [1.807, 2.05) is 0 Å². The zero-order chi connectivity index (χ0) is 19.8. The predicted octanol–water partition coefficient (Wildman–Crippen LogP) is 3.31. The minimum atomic E-state index is -0.543. The molecule has 0 unspecified atom stereocenters. The smallest absolute Gasteiger partial charge is 0.271 e. The fraction of sp³-hybridized carbons (Fsp3) is 0.167. The number of hydrazone groups is 1. The van der Waals surface area contributed by atoms with Gasteiger partial charge in [-0.1, -0.05) is 29.8 Å². The van der Waals surface area contributed by atoms with Gasteiger partial charge in [0.15, 0.2) is 0 Å². The van der Waals surface area contributed by atoms with Gasteiger partial charge in [-0.3, -0.25) is 19.7 Å². The molecule has 2 aromatic rings. The molecule has 8 nitrogen and oxygen atoms in total. The standard InChI is InChI=1S/C18H17ClN4O4/c1-12(21-22-18(25)10-13-5-7-14(19)8-6-13)9-17(24)20-15-3-2-4-16(11-15)23(26)27/h2-8,11H,9-10H2,1H3,(H,20,24)(H,22,25)/b21-12-. The monoisotopic (exact) mass is 388 g/mol. The first kappa shape index (κ1) is 20.1. The number of hydrogen-bond donors (Lipinski definition) is 2. The molecule has 0 atom stereocenters. The fourth-order valence-electron chi connectivity index (χ4n) is 2.16. The van der Waals surface area contributed by atoms with Crippen molar-refractivity contribution in [3.05, 3.63) is 69.2 Å². The first-order valence-corrected chi connectivity index (χ1v) is 8.32. The van der Waals surface area contributed by atoms with E-state index in [2.05, 4.69) is 15.8 Å². The molecule has 0 aromatic heterocycles. The number of anilines is 1. The normalized spacial score (nSPS) is 11.0. The molecule has 0 saturated carbocycles. The van der Waals surface area contributed by atoms with Crippen molar-refractivity contribution in [3.63, 3.8) is 0 Å². The van der Waals surface area contributed by atoms with Crippen LogP contribution in [0.3, 0.4) is 0 Å². The van der Waals surface area contributed by atoms with E-state index in [0.717, 1.165) is 5.56 Å². The van der Waals surface area contributed by atoms with Gasteiger partial charge < -0.3 is 5.32 Å². The molecule has 0 spiro atoms. The average Bonchev–Trinajstić information content (AvgIpc) is 2.62. The Morgan fingerprint density at radius 1 is 1.15 bits per heavy atom. The van der Waals surface area contributed by atoms with Crippen LogP contribution in [0.4, 0.5) is 11.4 Å². The third-order valence-electron chi connectivity index (χ3n) is 3.41. The molecule has 0 fully saturated rings. The summed E-state index contributed by atoms with van der Waals surface area (Å²) in [6, 6.07) is 12.5. The summed E-state index contributed by atoms with van der Waals surface area (Å²) in [6.07, 6.45) is 0.0672. The Morgan fingerprint density at radius 3 is 2.52 bits per heavy atom. The minimum absolute atomic E-state index is 0.0656. The number of nitrogens with zero attached hydrogens (tertiary/aromatic N) is 2. The Kier molecular flexibility index (Phi) is 7.01. The lowest BCUT2D eigenvalue weighted by atomic mass is 10.1. The Morgan fingerprint density at radius 2 is 1.85 bits per heavy atom. The number of halogens is 1. The lowest BCUT2D eigenvalue weighted by molar-refractivity contribution is -0.384. The van der Waals surface area contributed by atoms with Crippen molar-refractivity contribution in [2.24, 2.45) is 5.10 Å². The van der Waals surface area contributed by atoms with Crippen molar-refractivity contribution in [1.29, 1.82) is 0 Å². The van der Waals surface area contributed by atoms with Crippen molar-refractivity contribution in [3.8, 4) is 0 Å². The van der Waals surface area contributed by atoms with Gasteiger partial charge in [0.2, 0.25) is 11.8 Å². The van der Waals surface area contributed by atoms with E-state index in [4.69, 9.17) is 11.6 Å². The molecule has 0 aliphatic rings. The zero-order valence-electron chi connectivity index (χ0n) is 14.4. The second-order valence-corrected chi connectivity index (χ2v) is 6.15. The second-order valence-electron chi connectivity index (χ2n) is 5.72. The van der Waals surface area contributed by atoms with Crippen molar-refractivity contribution in [2.45, 2.75) is 19.8 Å². The van der Waals surface area contributed by atoms with E-state index >= 15 is 0 Å². The van der Waals surface area contributed by atoms with Crippen LogP contribution < -0.4 is 10.7 Å². The number of hydrogen-bond acceptors (Lipinski definition) is 5. The summed E-state index contributed by atoms with van der Waals surface area (Å²) in [5.74, 6) is -0.723. The van der Waals surface area contributed by atoms with Crippen molar-refractivity contribution in [2.75, 3.05) is 5.32 Å². The Hall–Kier alpha value is -3.26. The van der Waals surface area contributed by atoms with Gasteiger partial charge in [-0.15, -0.1) is 0 Å². The Bertz CT molecular complexity index is 881. The molecule has 0 aliphatic carbocycles. The van der Waals surface area contributed by atoms with Gasteiger partial charge >= 0.3 is 0 Å². The van der Waals surface area contributed by atoms with E-state index in [0.29, 0.717) is 16.4 Å². The summed E-state index contributed by atoms with van der Waals surface area (Å²) in [5, 5.41) is 17.8. The molecule has 0 radical (unpaired) electrons. The maximum Gasteiger partial charge on any atom is 0.271 e. The third-order valence-corrected chi connectivity index (χ3v) is 3.66. The van der Waals surface area contributed by atoms with Crippen LogP contribution in [0.25, 0.3) is 0 Å². The summed E-state index contributed by atoms with van der Waals surface area (Å²) in [6.45, 7) is 1.59. The van der Waals surface area contributed by atoms with Gasteiger partial charge in [0, 0.05) is 28.6 Å². The van der Waals surface area contributed by atoms with Crippen LogP contribution in [0.1, 0.15) is 18.9 Å². The highest BCUT2D eigenvalue weighted by Crippen LogP contribution is 2.17. The van der Waals surface area contributed by atoms with E-state index < -0.39 is 10.8 Å². The molecule has 27 heavy (non-hydrogen) atoms. The van der Waals surface area contributed by atoms with Crippen LogP contribution in [0.2, 0.25) is 5.02 Å². The first-order valence-electron chi connectivity index (χ1n) is 7.94. The van der Waals surface area contributed by atoms with Crippen LogP contribution in [0.15, 0.2) is 53.6 Å². The number of non-ortho nitro benzene ring substituents is 1. The van der Waals surface area contributed by atoms with Crippen LogP contribution in [-0.4, -0.2) is 22.4 Å². The highest BCUT2D eigenvalue weighted by molar-refractivity contribution is 6.30. The molecular weight excluding hydrogens is 372 g/mol. The number of amides is 2. The van der Waals surface area contributed by atoms with Gasteiger partial charge in [0.25, 0.3) is 5.69 Å². The zero-order valence-corrected chi connectivity index (χ0v) is 15.2. The largest absolute Gasteiger partial charge is 0.326 e. The van der Waals surface area contributed by atoms with Gasteiger partial charge in [-0.25, -0.2) is 5.43 Å². The number of nitrogens with one attached hydrogen (secondary N) is 2. The second kappa shape index (κ2) is 9.44. The molecule has 2 aromatic carbocycles. The van der Waals surface area contributed by atoms with E-state index in [9.17, 15) is 19.7 Å². The average molecular weight is 389 g/mol. The molecular formula is C18H17ClN4O4. The predicted molar refractivity (Wildman–Crippen MR) is 103 cm³/mol. The lowest BCUT2D eigenvalue weighted by Gasteiger charge is -2.06. The van der Waals surface area contributed by atoms with Gasteiger partial charge in [-0.05, 0) is 30.7 Å². The quantitative estimate of drug-likeness (QED) is 0.430.